The monoisotopic (exact) mass is 322 g/mol. The highest BCUT2D eigenvalue weighted by atomic mass is 33.1. The van der Waals surface area contributed by atoms with E-state index in [0.29, 0.717) is 0 Å². The van der Waals surface area contributed by atoms with Gasteiger partial charge in [0.15, 0.2) is 22.1 Å². The van der Waals surface area contributed by atoms with E-state index in [1.54, 1.807) is 13.8 Å². The molecule has 20 heavy (non-hydrogen) atoms. The van der Waals surface area contributed by atoms with Crippen molar-refractivity contribution in [1.29, 1.82) is 0 Å². The number of hydrogen-bond acceptors (Lipinski definition) is 8. The van der Waals surface area contributed by atoms with Crippen LogP contribution in [0, 0.1) is 0 Å². The summed E-state index contributed by atoms with van der Waals surface area (Å²) in [7, 11) is 1.68. The zero-order chi connectivity index (χ0) is 15.7. The highest BCUT2D eigenvalue weighted by Gasteiger charge is 2.32. The smallest absolute Gasteiger partial charge is 0.327 e. The molecule has 0 heterocycles. The third-order valence-electron chi connectivity index (χ3n) is 1.99. The van der Waals surface area contributed by atoms with Crippen molar-refractivity contribution in [2.24, 2.45) is 0 Å². The molecule has 0 aliphatic heterocycles. The lowest BCUT2D eigenvalue weighted by Crippen LogP contribution is -2.30. The van der Waals surface area contributed by atoms with Crippen LogP contribution in [-0.4, -0.2) is 47.2 Å². The largest absolute Gasteiger partial charge is 0.465 e. The van der Waals surface area contributed by atoms with Gasteiger partial charge in [-0.15, -0.1) is 0 Å². The van der Waals surface area contributed by atoms with Gasteiger partial charge in [-0.05, 0) is 27.7 Å². The fourth-order valence-corrected chi connectivity index (χ4v) is 3.83. The Bertz CT molecular complexity index is 346. The van der Waals surface area contributed by atoms with Gasteiger partial charge in [-0.2, -0.15) is 0 Å². The van der Waals surface area contributed by atoms with E-state index in [1.165, 1.54) is 13.8 Å². The minimum absolute atomic E-state index is 0.155. The van der Waals surface area contributed by atoms with Crippen molar-refractivity contribution < 1.29 is 28.7 Å². The van der Waals surface area contributed by atoms with Gasteiger partial charge in [-0.1, -0.05) is 21.6 Å². The van der Waals surface area contributed by atoms with Crippen molar-refractivity contribution in [3.8, 4) is 0 Å². The van der Waals surface area contributed by atoms with Crippen LogP contribution in [0.2, 0.25) is 0 Å². The summed E-state index contributed by atoms with van der Waals surface area (Å²) in [5.74, 6) is -2.15. The highest BCUT2D eigenvalue weighted by molar-refractivity contribution is 8.77. The molecule has 0 saturated carbocycles. The molecule has 0 aromatic carbocycles. The Morgan fingerprint density at radius 1 is 0.800 bits per heavy atom. The van der Waals surface area contributed by atoms with Crippen molar-refractivity contribution >= 4 is 45.1 Å². The number of rotatable bonds is 9. The molecule has 0 aromatic rings. The fourth-order valence-electron chi connectivity index (χ4n) is 1.09. The van der Waals surface area contributed by atoms with E-state index in [4.69, 9.17) is 9.47 Å². The summed E-state index contributed by atoms with van der Waals surface area (Å²) >= 11 is 0. The van der Waals surface area contributed by atoms with Crippen molar-refractivity contribution in [2.45, 2.75) is 38.2 Å². The van der Waals surface area contributed by atoms with Gasteiger partial charge in [-0.3, -0.25) is 19.2 Å². The molecular weight excluding hydrogens is 304 g/mol. The van der Waals surface area contributed by atoms with Gasteiger partial charge in [0.2, 0.25) is 0 Å². The topological polar surface area (TPSA) is 86.7 Å². The summed E-state index contributed by atoms with van der Waals surface area (Å²) in [6.45, 7) is 6.07. The van der Waals surface area contributed by atoms with E-state index in [1.807, 2.05) is 0 Å². The Balaban J connectivity index is 4.71. The van der Waals surface area contributed by atoms with Crippen LogP contribution in [0.1, 0.15) is 27.7 Å². The third-order valence-corrected chi connectivity index (χ3v) is 5.02. The Hall–Kier alpha value is -1.02. The van der Waals surface area contributed by atoms with Crippen molar-refractivity contribution in [3.05, 3.63) is 0 Å². The molecule has 2 unspecified atom stereocenters. The molecule has 0 bridgehead atoms. The van der Waals surface area contributed by atoms with Crippen molar-refractivity contribution in [2.75, 3.05) is 13.2 Å². The number of carbonyl (C=O) groups excluding carboxylic acids is 4. The fraction of sp³-hybridized carbons (Fsp3) is 0.667. The molecule has 0 aliphatic carbocycles. The highest BCUT2D eigenvalue weighted by Crippen LogP contribution is 2.33. The van der Waals surface area contributed by atoms with E-state index in [2.05, 4.69) is 0 Å². The van der Waals surface area contributed by atoms with Crippen LogP contribution >= 0.6 is 21.6 Å². The molecule has 0 amide bonds. The number of ether oxygens (including phenoxy) is 2. The number of carbonyl (C=O) groups is 4. The van der Waals surface area contributed by atoms with E-state index in [9.17, 15) is 19.2 Å². The number of ketones is 2. The standard InChI is InChI=1S/C12H18O6S2/c1-5-17-11(15)9(7(3)13)19-20-10(8(4)14)12(16)18-6-2/h9-10H,5-6H2,1-4H3. The number of hydrogen-bond donors (Lipinski definition) is 0. The van der Waals surface area contributed by atoms with Gasteiger partial charge in [-0.25, -0.2) is 0 Å². The first-order chi connectivity index (χ1) is 9.34. The molecule has 0 spiro atoms. The van der Waals surface area contributed by atoms with E-state index in [-0.39, 0.29) is 13.2 Å². The normalized spacial score (nSPS) is 13.2. The Morgan fingerprint density at radius 2 is 1.10 bits per heavy atom. The predicted octanol–water partition coefficient (Wildman–Crippen LogP) is 1.41. The summed E-state index contributed by atoms with van der Waals surface area (Å²) in [6.07, 6.45) is 0. The van der Waals surface area contributed by atoms with E-state index in [0.717, 1.165) is 21.6 Å². The van der Waals surface area contributed by atoms with Crippen LogP contribution < -0.4 is 0 Å². The average Bonchev–Trinajstić information content (AvgIpc) is 2.33. The second-order valence-corrected chi connectivity index (χ2v) is 6.16. The second-order valence-electron chi connectivity index (χ2n) is 3.68. The average molecular weight is 322 g/mol. The van der Waals surface area contributed by atoms with Crippen LogP contribution in [0.4, 0.5) is 0 Å². The van der Waals surface area contributed by atoms with Gasteiger partial charge in [0.1, 0.15) is 0 Å². The molecule has 0 fully saturated rings. The lowest BCUT2D eigenvalue weighted by Gasteiger charge is -2.15. The van der Waals surface area contributed by atoms with Gasteiger partial charge >= 0.3 is 11.9 Å². The first-order valence-electron chi connectivity index (χ1n) is 6.01. The van der Waals surface area contributed by atoms with E-state index >= 15 is 0 Å². The number of Topliss-reactive ketones (excluding diaryl/α,β-unsaturated/α-hetero) is 2. The van der Waals surface area contributed by atoms with Crippen molar-refractivity contribution in [3.63, 3.8) is 0 Å². The molecule has 0 aromatic heterocycles. The minimum atomic E-state index is -1.06. The molecule has 0 rings (SSSR count). The molecule has 8 heteroatoms. The molecule has 114 valence electrons. The van der Waals surface area contributed by atoms with Gasteiger partial charge in [0.05, 0.1) is 13.2 Å². The summed E-state index contributed by atoms with van der Waals surface area (Å²) in [4.78, 5) is 46.0. The van der Waals surface area contributed by atoms with Gasteiger partial charge in [0, 0.05) is 0 Å². The van der Waals surface area contributed by atoms with Crippen LogP contribution in [0.25, 0.3) is 0 Å². The first kappa shape index (κ1) is 19.0. The minimum Gasteiger partial charge on any atom is -0.465 e. The van der Waals surface area contributed by atoms with Crippen LogP contribution in [0.15, 0.2) is 0 Å². The Kier molecular flexibility index (Phi) is 9.32. The van der Waals surface area contributed by atoms with Gasteiger partial charge < -0.3 is 9.47 Å². The molecule has 0 saturated heterocycles. The molecular formula is C12H18O6S2. The van der Waals surface area contributed by atoms with Crippen LogP contribution in [0.3, 0.4) is 0 Å². The zero-order valence-electron chi connectivity index (χ0n) is 11.8. The molecule has 0 aliphatic rings. The van der Waals surface area contributed by atoms with Crippen molar-refractivity contribution in [1.82, 2.24) is 0 Å². The molecule has 0 radical (unpaired) electrons. The molecule has 6 nitrogen and oxygen atoms in total. The maximum Gasteiger partial charge on any atom is 0.327 e. The lowest BCUT2D eigenvalue weighted by atomic mass is 10.3. The van der Waals surface area contributed by atoms with Crippen LogP contribution in [-0.2, 0) is 28.7 Å². The Morgan fingerprint density at radius 3 is 1.30 bits per heavy atom. The second kappa shape index (κ2) is 9.82. The SMILES string of the molecule is CCOC(=O)C(SSC(C(C)=O)C(=O)OCC)C(C)=O. The number of esters is 2. The summed E-state index contributed by atoms with van der Waals surface area (Å²) < 4.78 is 9.54. The Labute approximate surface area is 125 Å². The van der Waals surface area contributed by atoms with Crippen LogP contribution in [0.5, 0.6) is 0 Å². The summed E-state index contributed by atoms with van der Waals surface area (Å²) in [6, 6.07) is 0. The predicted molar refractivity (Wildman–Crippen MR) is 77.4 cm³/mol. The van der Waals surface area contributed by atoms with E-state index < -0.39 is 34.0 Å². The maximum absolute atomic E-state index is 11.6. The third kappa shape index (κ3) is 6.42. The zero-order valence-corrected chi connectivity index (χ0v) is 13.5. The van der Waals surface area contributed by atoms with Gasteiger partial charge in [0.25, 0.3) is 0 Å². The maximum atomic E-state index is 11.6. The lowest BCUT2D eigenvalue weighted by molar-refractivity contribution is -0.146. The quantitative estimate of drug-likeness (QED) is 0.358. The summed E-state index contributed by atoms with van der Waals surface area (Å²) in [5, 5.41) is -2.12. The summed E-state index contributed by atoms with van der Waals surface area (Å²) in [5.41, 5.74) is 0. The molecule has 0 N–H and O–H groups in total. The first-order valence-corrected chi connectivity index (χ1v) is 8.29. The molecule has 2 atom stereocenters.